The number of hydrogen-bond donors (Lipinski definition) is 3. The number of hydrogen-bond acceptors (Lipinski definition) is 5. The van der Waals surface area contributed by atoms with Crippen molar-refractivity contribution in [2.24, 2.45) is 5.92 Å². The first-order chi connectivity index (χ1) is 15.1. The van der Waals surface area contributed by atoms with Gasteiger partial charge in [-0.2, -0.15) is 0 Å². The predicted octanol–water partition coefficient (Wildman–Crippen LogP) is 3.52. The Balaban J connectivity index is 1.98. The lowest BCUT2D eigenvalue weighted by Gasteiger charge is -2.20. The molecular formula is C22H28FN3O5S. The van der Waals surface area contributed by atoms with E-state index in [1.165, 1.54) is 24.3 Å². The van der Waals surface area contributed by atoms with Crippen LogP contribution in [-0.2, 0) is 14.8 Å². The molecule has 8 nitrogen and oxygen atoms in total. The van der Waals surface area contributed by atoms with Crippen molar-refractivity contribution in [2.75, 3.05) is 17.9 Å². The maximum absolute atomic E-state index is 13.0. The van der Waals surface area contributed by atoms with Crippen molar-refractivity contribution in [2.45, 2.75) is 38.1 Å². The SMILES string of the molecule is CCOC(=O)NC(CNC(=O)c1ccc(NS(=O)(=O)c2ccc(F)cc2)cc1)CC(C)C. The summed E-state index contributed by atoms with van der Waals surface area (Å²) in [6, 6.07) is 10.0. The molecule has 0 radical (unpaired) electrons. The number of benzene rings is 2. The Morgan fingerprint density at radius 3 is 2.22 bits per heavy atom. The highest BCUT2D eigenvalue weighted by Crippen LogP contribution is 2.17. The summed E-state index contributed by atoms with van der Waals surface area (Å²) in [5, 5.41) is 5.50. The zero-order valence-corrected chi connectivity index (χ0v) is 19.0. The van der Waals surface area contributed by atoms with Crippen LogP contribution in [0.3, 0.4) is 0 Å². The highest BCUT2D eigenvalue weighted by atomic mass is 32.2. The smallest absolute Gasteiger partial charge is 0.407 e. The summed E-state index contributed by atoms with van der Waals surface area (Å²) in [5.74, 6) is -0.600. The van der Waals surface area contributed by atoms with E-state index in [2.05, 4.69) is 15.4 Å². The van der Waals surface area contributed by atoms with Crippen LogP contribution >= 0.6 is 0 Å². The van der Waals surface area contributed by atoms with E-state index in [4.69, 9.17) is 4.74 Å². The topological polar surface area (TPSA) is 114 Å². The summed E-state index contributed by atoms with van der Waals surface area (Å²) in [4.78, 5) is 24.1. The number of rotatable bonds is 10. The van der Waals surface area contributed by atoms with Gasteiger partial charge in [0, 0.05) is 23.8 Å². The van der Waals surface area contributed by atoms with Crippen LogP contribution in [0.15, 0.2) is 53.4 Å². The summed E-state index contributed by atoms with van der Waals surface area (Å²) in [6.07, 6.45) is 0.119. The summed E-state index contributed by atoms with van der Waals surface area (Å²) in [6.45, 7) is 6.20. The van der Waals surface area contributed by atoms with Crippen molar-refractivity contribution in [3.63, 3.8) is 0 Å². The first-order valence-corrected chi connectivity index (χ1v) is 11.7. The lowest BCUT2D eigenvalue weighted by Crippen LogP contribution is -2.44. The molecule has 0 aliphatic rings. The van der Waals surface area contributed by atoms with Gasteiger partial charge in [-0.25, -0.2) is 17.6 Å². The molecule has 3 N–H and O–H groups in total. The van der Waals surface area contributed by atoms with E-state index in [0.717, 1.165) is 24.3 Å². The Kier molecular flexibility index (Phi) is 9.01. The minimum absolute atomic E-state index is 0.0778. The highest BCUT2D eigenvalue weighted by molar-refractivity contribution is 7.92. The largest absolute Gasteiger partial charge is 0.450 e. The van der Waals surface area contributed by atoms with Gasteiger partial charge in [0.15, 0.2) is 0 Å². The van der Waals surface area contributed by atoms with Crippen molar-refractivity contribution < 1.29 is 27.1 Å². The predicted molar refractivity (Wildman–Crippen MR) is 119 cm³/mol. The first-order valence-electron chi connectivity index (χ1n) is 10.2. The maximum Gasteiger partial charge on any atom is 0.407 e. The van der Waals surface area contributed by atoms with Crippen LogP contribution in [0.4, 0.5) is 14.9 Å². The van der Waals surface area contributed by atoms with E-state index in [-0.39, 0.29) is 35.7 Å². The monoisotopic (exact) mass is 465 g/mol. The van der Waals surface area contributed by atoms with E-state index < -0.39 is 21.9 Å². The molecule has 2 amide bonds. The highest BCUT2D eigenvalue weighted by Gasteiger charge is 2.17. The molecule has 0 bridgehead atoms. The average molecular weight is 466 g/mol. The Bertz CT molecular complexity index is 1010. The molecule has 0 aliphatic carbocycles. The number of amides is 2. The number of carbonyl (C=O) groups is 2. The lowest BCUT2D eigenvalue weighted by molar-refractivity contribution is 0.0944. The zero-order valence-electron chi connectivity index (χ0n) is 18.2. The Morgan fingerprint density at radius 2 is 1.66 bits per heavy atom. The molecule has 0 saturated carbocycles. The third-order valence-electron chi connectivity index (χ3n) is 4.39. The van der Waals surface area contributed by atoms with Gasteiger partial charge < -0.3 is 15.4 Å². The number of halogens is 1. The number of nitrogens with one attached hydrogen (secondary N) is 3. The fourth-order valence-electron chi connectivity index (χ4n) is 2.94. The van der Waals surface area contributed by atoms with Gasteiger partial charge in [-0.1, -0.05) is 13.8 Å². The molecule has 0 saturated heterocycles. The van der Waals surface area contributed by atoms with Gasteiger partial charge in [0.25, 0.3) is 15.9 Å². The number of carbonyl (C=O) groups excluding carboxylic acids is 2. The van der Waals surface area contributed by atoms with Gasteiger partial charge in [-0.15, -0.1) is 0 Å². The molecule has 1 atom stereocenters. The second kappa shape index (κ2) is 11.5. The van der Waals surface area contributed by atoms with Crippen LogP contribution in [-0.4, -0.2) is 39.6 Å². The molecule has 2 aromatic rings. The maximum atomic E-state index is 13.0. The average Bonchev–Trinajstić information content (AvgIpc) is 2.72. The minimum Gasteiger partial charge on any atom is -0.450 e. The molecule has 2 aromatic carbocycles. The van der Waals surface area contributed by atoms with Crippen LogP contribution < -0.4 is 15.4 Å². The summed E-state index contributed by atoms with van der Waals surface area (Å²) < 4.78 is 45.0. The van der Waals surface area contributed by atoms with E-state index >= 15 is 0 Å². The Hall–Kier alpha value is -3.14. The molecule has 0 spiro atoms. The summed E-state index contributed by atoms with van der Waals surface area (Å²) >= 11 is 0. The molecule has 0 aromatic heterocycles. The minimum atomic E-state index is -3.88. The Morgan fingerprint density at radius 1 is 1.03 bits per heavy atom. The van der Waals surface area contributed by atoms with Gasteiger partial charge >= 0.3 is 6.09 Å². The number of sulfonamides is 1. The van der Waals surface area contributed by atoms with Gasteiger partial charge in [-0.05, 0) is 67.8 Å². The Labute approximate surface area is 187 Å². The second-order valence-corrected chi connectivity index (χ2v) is 9.22. The molecule has 2 rings (SSSR count). The molecule has 0 heterocycles. The van der Waals surface area contributed by atoms with Gasteiger partial charge in [0.05, 0.1) is 11.5 Å². The molecule has 32 heavy (non-hydrogen) atoms. The van der Waals surface area contributed by atoms with Crippen molar-refractivity contribution in [1.82, 2.24) is 10.6 Å². The molecule has 174 valence electrons. The van der Waals surface area contributed by atoms with E-state index in [1.54, 1.807) is 6.92 Å². The van der Waals surface area contributed by atoms with Crippen molar-refractivity contribution in [1.29, 1.82) is 0 Å². The quantitative estimate of drug-likeness (QED) is 0.497. The lowest BCUT2D eigenvalue weighted by atomic mass is 10.0. The van der Waals surface area contributed by atoms with E-state index in [0.29, 0.717) is 17.9 Å². The standard InChI is InChI=1S/C22H28FN3O5S/c1-4-31-22(28)25-19(13-15(2)3)14-24-21(27)16-5-9-18(10-6-16)26-32(29,30)20-11-7-17(23)8-12-20/h5-12,15,19,26H,4,13-14H2,1-3H3,(H,24,27)(H,25,28). The van der Waals surface area contributed by atoms with Gasteiger partial charge in [0.1, 0.15) is 5.82 Å². The van der Waals surface area contributed by atoms with E-state index in [9.17, 15) is 22.4 Å². The number of ether oxygens (including phenoxy) is 1. The normalized spacial score (nSPS) is 12.2. The first kappa shape index (κ1) is 25.1. The van der Waals surface area contributed by atoms with Crippen LogP contribution in [0.2, 0.25) is 0 Å². The van der Waals surface area contributed by atoms with Crippen LogP contribution in [0.1, 0.15) is 37.6 Å². The van der Waals surface area contributed by atoms with Gasteiger partial charge in [0.2, 0.25) is 0 Å². The summed E-state index contributed by atoms with van der Waals surface area (Å²) in [5.41, 5.74) is 0.585. The summed E-state index contributed by atoms with van der Waals surface area (Å²) in [7, 11) is -3.88. The fourth-order valence-corrected chi connectivity index (χ4v) is 4.00. The third-order valence-corrected chi connectivity index (χ3v) is 5.78. The van der Waals surface area contributed by atoms with E-state index in [1.807, 2.05) is 13.8 Å². The zero-order chi connectivity index (χ0) is 23.7. The molecule has 10 heteroatoms. The molecular weight excluding hydrogens is 437 g/mol. The van der Waals surface area contributed by atoms with Crippen LogP contribution in [0, 0.1) is 11.7 Å². The number of anilines is 1. The molecule has 0 fully saturated rings. The van der Waals surface area contributed by atoms with Gasteiger partial charge in [-0.3, -0.25) is 9.52 Å². The van der Waals surface area contributed by atoms with Crippen LogP contribution in [0.5, 0.6) is 0 Å². The second-order valence-electron chi connectivity index (χ2n) is 7.54. The van der Waals surface area contributed by atoms with Crippen molar-refractivity contribution in [3.8, 4) is 0 Å². The van der Waals surface area contributed by atoms with Crippen LogP contribution in [0.25, 0.3) is 0 Å². The number of alkyl carbamates (subject to hydrolysis) is 1. The van der Waals surface area contributed by atoms with Crippen molar-refractivity contribution in [3.05, 3.63) is 59.9 Å². The third kappa shape index (κ3) is 7.84. The molecule has 0 aliphatic heterocycles. The molecule has 1 unspecified atom stereocenters. The van der Waals surface area contributed by atoms with Crippen molar-refractivity contribution >= 4 is 27.7 Å². The fraction of sp³-hybridized carbons (Fsp3) is 0.364.